The van der Waals surface area contributed by atoms with E-state index >= 15 is 0 Å². The van der Waals surface area contributed by atoms with Gasteiger partial charge in [0.15, 0.2) is 0 Å². The number of amides is 1. The van der Waals surface area contributed by atoms with Crippen molar-refractivity contribution in [3.8, 4) is 0 Å². The van der Waals surface area contributed by atoms with Crippen LogP contribution in [0.2, 0.25) is 0 Å². The SMILES string of the molecule is COC(=O)CC(=O)NCc1ccc(F)cc1. The van der Waals surface area contributed by atoms with Crippen molar-refractivity contribution in [2.75, 3.05) is 7.11 Å². The number of rotatable bonds is 4. The molecule has 0 bridgehead atoms. The first-order chi connectivity index (χ1) is 7.61. The first-order valence-electron chi connectivity index (χ1n) is 4.70. The van der Waals surface area contributed by atoms with Gasteiger partial charge in [0, 0.05) is 6.54 Å². The third kappa shape index (κ3) is 4.08. The molecule has 4 nitrogen and oxygen atoms in total. The highest BCUT2D eigenvalue weighted by molar-refractivity contribution is 5.94. The van der Waals surface area contributed by atoms with Crippen molar-refractivity contribution in [3.63, 3.8) is 0 Å². The van der Waals surface area contributed by atoms with Gasteiger partial charge >= 0.3 is 5.97 Å². The van der Waals surface area contributed by atoms with Gasteiger partial charge in [-0.2, -0.15) is 0 Å². The van der Waals surface area contributed by atoms with Crippen molar-refractivity contribution < 1.29 is 18.7 Å². The Morgan fingerprint density at radius 2 is 1.94 bits per heavy atom. The number of hydrogen-bond donors (Lipinski definition) is 1. The largest absolute Gasteiger partial charge is 0.469 e. The molecule has 5 heteroatoms. The molecule has 1 amide bonds. The van der Waals surface area contributed by atoms with Crippen LogP contribution in [0, 0.1) is 5.82 Å². The predicted octanol–water partition coefficient (Wildman–Crippen LogP) is 1.00. The summed E-state index contributed by atoms with van der Waals surface area (Å²) in [5.41, 5.74) is 0.764. The molecule has 1 aromatic rings. The molecule has 1 rings (SSSR count). The predicted molar refractivity (Wildman–Crippen MR) is 54.9 cm³/mol. The van der Waals surface area contributed by atoms with E-state index in [9.17, 15) is 14.0 Å². The van der Waals surface area contributed by atoms with Crippen LogP contribution in [0.4, 0.5) is 4.39 Å². The summed E-state index contributed by atoms with van der Waals surface area (Å²) in [5, 5.41) is 2.52. The summed E-state index contributed by atoms with van der Waals surface area (Å²) >= 11 is 0. The fraction of sp³-hybridized carbons (Fsp3) is 0.273. The Kier molecular flexibility index (Phi) is 4.44. The second-order valence-corrected chi connectivity index (χ2v) is 3.16. The van der Waals surface area contributed by atoms with Crippen LogP contribution in [-0.4, -0.2) is 19.0 Å². The van der Waals surface area contributed by atoms with Gasteiger partial charge in [-0.3, -0.25) is 9.59 Å². The molecule has 0 aromatic heterocycles. The van der Waals surface area contributed by atoms with Crippen molar-refractivity contribution in [2.45, 2.75) is 13.0 Å². The lowest BCUT2D eigenvalue weighted by atomic mass is 10.2. The Labute approximate surface area is 92.4 Å². The number of halogens is 1. The Morgan fingerprint density at radius 3 is 2.50 bits per heavy atom. The quantitative estimate of drug-likeness (QED) is 0.614. The highest BCUT2D eigenvalue weighted by Crippen LogP contribution is 2.02. The highest BCUT2D eigenvalue weighted by Gasteiger charge is 2.08. The van der Waals surface area contributed by atoms with E-state index in [0.717, 1.165) is 5.56 Å². The van der Waals surface area contributed by atoms with Crippen LogP contribution in [0.5, 0.6) is 0 Å². The van der Waals surface area contributed by atoms with Crippen LogP contribution in [-0.2, 0) is 20.9 Å². The Morgan fingerprint density at radius 1 is 1.31 bits per heavy atom. The van der Waals surface area contributed by atoms with E-state index in [2.05, 4.69) is 10.1 Å². The molecule has 0 spiro atoms. The maximum Gasteiger partial charge on any atom is 0.315 e. The van der Waals surface area contributed by atoms with Gasteiger partial charge in [-0.25, -0.2) is 4.39 Å². The van der Waals surface area contributed by atoms with Gasteiger partial charge in [0.05, 0.1) is 7.11 Å². The standard InChI is InChI=1S/C11H12FNO3/c1-16-11(15)6-10(14)13-7-8-2-4-9(12)5-3-8/h2-5H,6-7H2,1H3,(H,13,14). The molecule has 1 N–H and O–H groups in total. The number of benzene rings is 1. The van der Waals surface area contributed by atoms with Gasteiger partial charge < -0.3 is 10.1 Å². The molecule has 16 heavy (non-hydrogen) atoms. The molecule has 0 fully saturated rings. The second kappa shape index (κ2) is 5.85. The molecule has 0 saturated carbocycles. The third-order valence-corrected chi connectivity index (χ3v) is 1.94. The number of nitrogens with one attached hydrogen (secondary N) is 1. The van der Waals surface area contributed by atoms with Crippen LogP contribution < -0.4 is 5.32 Å². The molecule has 0 aliphatic heterocycles. The van der Waals surface area contributed by atoms with Crippen molar-refractivity contribution >= 4 is 11.9 Å². The molecule has 0 aliphatic carbocycles. The fourth-order valence-electron chi connectivity index (χ4n) is 1.07. The maximum atomic E-state index is 12.6. The van der Waals surface area contributed by atoms with Crippen LogP contribution in [0.25, 0.3) is 0 Å². The summed E-state index contributed by atoms with van der Waals surface area (Å²) in [6, 6.07) is 5.74. The monoisotopic (exact) mass is 225 g/mol. The van der Waals surface area contributed by atoms with Gasteiger partial charge in [-0.05, 0) is 17.7 Å². The topological polar surface area (TPSA) is 55.4 Å². The van der Waals surface area contributed by atoms with E-state index in [1.54, 1.807) is 12.1 Å². The van der Waals surface area contributed by atoms with E-state index in [0.29, 0.717) is 0 Å². The zero-order valence-corrected chi connectivity index (χ0v) is 8.83. The van der Waals surface area contributed by atoms with Crippen molar-refractivity contribution in [3.05, 3.63) is 35.6 Å². The van der Waals surface area contributed by atoms with Gasteiger partial charge in [0.25, 0.3) is 0 Å². The highest BCUT2D eigenvalue weighted by atomic mass is 19.1. The third-order valence-electron chi connectivity index (χ3n) is 1.94. The fourth-order valence-corrected chi connectivity index (χ4v) is 1.07. The van der Waals surface area contributed by atoms with Crippen LogP contribution in [0.1, 0.15) is 12.0 Å². The Hall–Kier alpha value is -1.91. The zero-order valence-electron chi connectivity index (χ0n) is 8.83. The molecule has 0 atom stereocenters. The number of ether oxygens (including phenoxy) is 1. The minimum absolute atomic E-state index is 0.260. The number of methoxy groups -OCH3 is 1. The van der Waals surface area contributed by atoms with E-state index in [-0.39, 0.29) is 18.8 Å². The van der Waals surface area contributed by atoms with Crippen molar-refractivity contribution in [2.24, 2.45) is 0 Å². The minimum atomic E-state index is -0.586. The summed E-state index contributed by atoms with van der Waals surface area (Å²) in [7, 11) is 1.22. The van der Waals surface area contributed by atoms with Crippen LogP contribution >= 0.6 is 0 Å². The van der Waals surface area contributed by atoms with Gasteiger partial charge in [0.1, 0.15) is 12.2 Å². The van der Waals surface area contributed by atoms with Crippen LogP contribution in [0.3, 0.4) is 0 Å². The van der Waals surface area contributed by atoms with Crippen LogP contribution in [0.15, 0.2) is 24.3 Å². The number of carbonyl (C=O) groups excluding carboxylic acids is 2. The molecule has 86 valence electrons. The molecular weight excluding hydrogens is 213 g/mol. The summed E-state index contributed by atoms with van der Waals surface area (Å²) in [6.45, 7) is 0.260. The van der Waals surface area contributed by atoms with Gasteiger partial charge in [0.2, 0.25) is 5.91 Å². The van der Waals surface area contributed by atoms with Gasteiger partial charge in [-0.1, -0.05) is 12.1 Å². The number of carbonyl (C=O) groups is 2. The molecular formula is C11H12FNO3. The van der Waals surface area contributed by atoms with E-state index in [1.165, 1.54) is 19.2 Å². The van der Waals surface area contributed by atoms with E-state index < -0.39 is 11.9 Å². The first-order valence-corrected chi connectivity index (χ1v) is 4.70. The Balaban J connectivity index is 2.37. The number of hydrogen-bond acceptors (Lipinski definition) is 3. The van der Waals surface area contributed by atoms with Crippen molar-refractivity contribution in [1.82, 2.24) is 5.32 Å². The molecule has 0 aliphatic rings. The van der Waals surface area contributed by atoms with Crippen molar-refractivity contribution in [1.29, 1.82) is 0 Å². The average molecular weight is 225 g/mol. The normalized spacial score (nSPS) is 9.62. The average Bonchev–Trinajstić information content (AvgIpc) is 2.28. The molecule has 0 radical (unpaired) electrons. The minimum Gasteiger partial charge on any atom is -0.469 e. The van der Waals surface area contributed by atoms with E-state index in [1.807, 2.05) is 0 Å². The lowest BCUT2D eigenvalue weighted by Gasteiger charge is -2.04. The first kappa shape index (κ1) is 12.2. The summed E-state index contributed by atoms with van der Waals surface area (Å²) in [6.07, 6.45) is -0.308. The van der Waals surface area contributed by atoms with E-state index in [4.69, 9.17) is 0 Å². The summed E-state index contributed by atoms with van der Waals surface area (Å²) < 4.78 is 16.9. The summed E-state index contributed by atoms with van der Waals surface area (Å²) in [5.74, 6) is -1.34. The summed E-state index contributed by atoms with van der Waals surface area (Å²) in [4.78, 5) is 21.9. The maximum absolute atomic E-state index is 12.6. The molecule has 0 heterocycles. The molecule has 0 saturated heterocycles. The Bertz CT molecular complexity index is 375. The smallest absolute Gasteiger partial charge is 0.315 e. The second-order valence-electron chi connectivity index (χ2n) is 3.16. The molecule has 0 unspecified atom stereocenters. The lowest BCUT2D eigenvalue weighted by Crippen LogP contribution is -2.25. The van der Waals surface area contributed by atoms with Gasteiger partial charge in [-0.15, -0.1) is 0 Å². The lowest BCUT2D eigenvalue weighted by molar-refractivity contribution is -0.143. The molecule has 1 aromatic carbocycles. The number of esters is 1. The zero-order chi connectivity index (χ0) is 12.0.